The van der Waals surface area contributed by atoms with E-state index in [1.165, 1.54) is 122 Å². The maximum absolute atomic E-state index is 2.60. The molecule has 0 radical (unpaired) electrons. The van der Waals surface area contributed by atoms with E-state index in [9.17, 15) is 0 Å². The zero-order valence-corrected chi connectivity index (χ0v) is 42.7. The van der Waals surface area contributed by atoms with Gasteiger partial charge in [0.05, 0.1) is 33.8 Å². The number of para-hydroxylation sites is 3. The molecule has 12 aromatic rings. The molecule has 0 N–H and O–H groups in total. The second kappa shape index (κ2) is 16.3. The highest BCUT2D eigenvalue weighted by Gasteiger charge is 2.38. The zero-order valence-electron chi connectivity index (χ0n) is 42.7. The van der Waals surface area contributed by atoms with E-state index in [1.807, 2.05) is 0 Å². The van der Waals surface area contributed by atoms with E-state index in [1.54, 1.807) is 0 Å². The highest BCUT2D eigenvalue weighted by atomic mass is 15.2. The van der Waals surface area contributed by atoms with Gasteiger partial charge in [0, 0.05) is 49.4 Å². The molecule has 0 amide bonds. The summed E-state index contributed by atoms with van der Waals surface area (Å²) >= 11 is 0. The van der Waals surface area contributed by atoms with Crippen molar-refractivity contribution < 1.29 is 0 Å². The number of hydrogen-bond acceptors (Lipinski definition) is 1. The normalized spacial score (nSPS) is 15.8. The summed E-state index contributed by atoms with van der Waals surface area (Å²) < 4.78 is 4.90. The second-order valence-electron chi connectivity index (χ2n) is 22.0. The van der Waals surface area contributed by atoms with Crippen molar-refractivity contribution in [2.75, 3.05) is 4.90 Å². The summed E-state index contributed by atoms with van der Waals surface area (Å²) in [5.74, 6) is 0. The number of nitrogens with zero attached hydrogens (tertiary/aromatic N) is 3. The van der Waals surface area contributed by atoms with E-state index in [4.69, 9.17) is 0 Å². The molecule has 2 aromatic heterocycles. The number of anilines is 2. The van der Waals surface area contributed by atoms with Crippen LogP contribution in [-0.4, -0.2) is 15.2 Å². The first kappa shape index (κ1) is 43.6. The average molecular weight is 962 g/mol. The Balaban J connectivity index is 0.863. The molecule has 0 aliphatic heterocycles. The molecule has 1 unspecified atom stereocenters. The molecule has 0 fully saturated rings. The van der Waals surface area contributed by atoms with Crippen molar-refractivity contribution in [1.29, 1.82) is 0 Å². The number of allylic oxidation sites excluding steroid dienone is 2. The molecule has 3 nitrogen and oxygen atoms in total. The second-order valence-corrected chi connectivity index (χ2v) is 22.0. The van der Waals surface area contributed by atoms with E-state index in [0.717, 1.165) is 17.8 Å². The number of aromatic nitrogens is 2. The third-order valence-electron chi connectivity index (χ3n) is 17.2. The topological polar surface area (TPSA) is 13.1 Å². The number of hydrogen-bond donors (Lipinski definition) is 0. The maximum Gasteiger partial charge on any atom is 0.0562 e. The predicted molar refractivity (Wildman–Crippen MR) is 316 cm³/mol. The van der Waals surface area contributed by atoms with Crippen LogP contribution in [0.1, 0.15) is 61.9 Å². The SMILES string of the molecule is CC1(C)c2ccccc2-c2cc3c4cc(C5=CCC(N(c6ccc(-c7cccc8c7-c7ccccc7C8(C)C)cc6)c6cccc7c6c6ccccc6n7-c6ccccc6)C=C5)ccc4n(-c4ccccc4)c3cc21. The number of rotatable bonds is 7. The summed E-state index contributed by atoms with van der Waals surface area (Å²) in [6.45, 7) is 9.48. The Morgan fingerprint density at radius 1 is 0.413 bits per heavy atom. The molecule has 3 aliphatic carbocycles. The minimum atomic E-state index is -0.0931. The van der Waals surface area contributed by atoms with E-state index >= 15 is 0 Å². The van der Waals surface area contributed by atoms with E-state index < -0.39 is 0 Å². The van der Waals surface area contributed by atoms with Crippen LogP contribution in [0.15, 0.2) is 243 Å². The predicted octanol–water partition coefficient (Wildman–Crippen LogP) is 18.7. The molecule has 3 heteroatoms. The summed E-state index contributed by atoms with van der Waals surface area (Å²) in [6, 6.07) is 83.8. The van der Waals surface area contributed by atoms with Gasteiger partial charge in [0.1, 0.15) is 0 Å². The molecule has 2 heterocycles. The summed E-state index contributed by atoms with van der Waals surface area (Å²) in [6.07, 6.45) is 8.14. The Morgan fingerprint density at radius 3 is 1.73 bits per heavy atom. The van der Waals surface area contributed by atoms with E-state index in [2.05, 4.69) is 284 Å². The molecule has 358 valence electrons. The zero-order chi connectivity index (χ0) is 50.2. The Hall–Kier alpha value is -8.92. The fourth-order valence-corrected chi connectivity index (χ4v) is 13.6. The standard InChI is InChI=1S/C72H55N3/c1-71(2)61-28-15-12-24-55(61)69-53(26-17-29-62(69)71)47-35-40-52(41-36-47)73(66-31-18-32-67-70(66)56-25-13-16-30-64(56)74(67)49-19-7-5-8-20-49)51-38-33-46(34-39-51)48-37-42-65-58(43-48)59-44-57-54-23-11-14-27-60(54)72(3,4)63(57)45-68(59)75(65)50-21-9-6-10-22-50/h5-38,40-45,51H,39H2,1-4H3. The van der Waals surface area contributed by atoms with Gasteiger partial charge in [-0.3, -0.25) is 0 Å². The van der Waals surface area contributed by atoms with Gasteiger partial charge in [0.25, 0.3) is 0 Å². The van der Waals surface area contributed by atoms with Crippen LogP contribution < -0.4 is 4.90 Å². The minimum Gasteiger partial charge on any atom is -0.334 e. The van der Waals surface area contributed by atoms with Crippen LogP contribution in [0, 0.1) is 0 Å². The van der Waals surface area contributed by atoms with Crippen molar-refractivity contribution in [2.24, 2.45) is 0 Å². The Labute approximate surface area is 438 Å². The van der Waals surface area contributed by atoms with Crippen molar-refractivity contribution in [3.63, 3.8) is 0 Å². The summed E-state index contributed by atoms with van der Waals surface area (Å²) in [5, 5.41) is 5.05. The molecule has 0 bridgehead atoms. The van der Waals surface area contributed by atoms with Crippen LogP contribution >= 0.6 is 0 Å². The van der Waals surface area contributed by atoms with Gasteiger partial charge in [-0.15, -0.1) is 0 Å². The molecule has 75 heavy (non-hydrogen) atoms. The minimum absolute atomic E-state index is 0.0485. The molecular weight excluding hydrogens is 907 g/mol. The number of fused-ring (bicyclic) bond motifs is 12. The van der Waals surface area contributed by atoms with Gasteiger partial charge in [-0.05, 0) is 152 Å². The van der Waals surface area contributed by atoms with Crippen LogP contribution in [-0.2, 0) is 10.8 Å². The van der Waals surface area contributed by atoms with Crippen molar-refractivity contribution >= 4 is 60.6 Å². The molecule has 1 atom stereocenters. The Bertz CT molecular complexity index is 4370. The molecule has 15 rings (SSSR count). The molecular formula is C72H55N3. The lowest BCUT2D eigenvalue weighted by Gasteiger charge is -2.34. The van der Waals surface area contributed by atoms with Gasteiger partial charge in [-0.25, -0.2) is 0 Å². The first-order chi connectivity index (χ1) is 36.7. The Kier molecular flexibility index (Phi) is 9.48. The lowest BCUT2D eigenvalue weighted by Crippen LogP contribution is -2.30. The lowest BCUT2D eigenvalue weighted by atomic mass is 9.82. The number of benzene rings is 10. The molecule has 3 aliphatic rings. The van der Waals surface area contributed by atoms with Crippen molar-refractivity contribution in [3.8, 4) is 44.8 Å². The first-order valence-corrected chi connectivity index (χ1v) is 26.6. The van der Waals surface area contributed by atoms with Crippen LogP contribution in [0.4, 0.5) is 11.4 Å². The average Bonchev–Trinajstić information content (AvgIpc) is 4.14. The van der Waals surface area contributed by atoms with Gasteiger partial charge >= 0.3 is 0 Å². The third-order valence-corrected chi connectivity index (χ3v) is 17.2. The third kappa shape index (κ3) is 6.40. The van der Waals surface area contributed by atoms with Gasteiger partial charge in [-0.2, -0.15) is 0 Å². The smallest absolute Gasteiger partial charge is 0.0562 e. The van der Waals surface area contributed by atoms with E-state index in [0.29, 0.717) is 0 Å². The van der Waals surface area contributed by atoms with Gasteiger partial charge < -0.3 is 14.0 Å². The molecule has 0 spiro atoms. The van der Waals surface area contributed by atoms with Crippen LogP contribution in [0.2, 0.25) is 0 Å². The van der Waals surface area contributed by atoms with Crippen molar-refractivity contribution in [3.05, 3.63) is 271 Å². The summed E-state index contributed by atoms with van der Waals surface area (Å²) in [4.78, 5) is 2.60. The van der Waals surface area contributed by atoms with Crippen LogP contribution in [0.25, 0.3) is 93.9 Å². The maximum atomic E-state index is 2.60. The van der Waals surface area contributed by atoms with Gasteiger partial charge in [0.15, 0.2) is 0 Å². The molecule has 0 saturated heterocycles. The van der Waals surface area contributed by atoms with E-state index in [-0.39, 0.29) is 16.9 Å². The quantitative estimate of drug-likeness (QED) is 0.155. The monoisotopic (exact) mass is 961 g/mol. The molecule has 10 aromatic carbocycles. The fraction of sp³-hybridized carbons (Fsp3) is 0.111. The summed E-state index contributed by atoms with van der Waals surface area (Å²) in [7, 11) is 0. The lowest BCUT2D eigenvalue weighted by molar-refractivity contribution is 0.660. The Morgan fingerprint density at radius 2 is 0.987 bits per heavy atom. The fourth-order valence-electron chi connectivity index (χ4n) is 13.6. The highest BCUT2D eigenvalue weighted by molar-refractivity contribution is 6.16. The van der Waals surface area contributed by atoms with Gasteiger partial charge in [-0.1, -0.05) is 192 Å². The highest BCUT2D eigenvalue weighted by Crippen LogP contribution is 2.54. The van der Waals surface area contributed by atoms with Gasteiger partial charge in [0.2, 0.25) is 0 Å². The van der Waals surface area contributed by atoms with Crippen LogP contribution in [0.5, 0.6) is 0 Å². The first-order valence-electron chi connectivity index (χ1n) is 26.6. The summed E-state index contributed by atoms with van der Waals surface area (Å²) in [5.41, 5.74) is 25.3. The van der Waals surface area contributed by atoms with Crippen LogP contribution in [0.3, 0.4) is 0 Å². The van der Waals surface area contributed by atoms with Crippen molar-refractivity contribution in [2.45, 2.75) is 51.0 Å². The largest absolute Gasteiger partial charge is 0.334 e. The molecule has 0 saturated carbocycles. The van der Waals surface area contributed by atoms with Crippen molar-refractivity contribution in [1.82, 2.24) is 9.13 Å².